The van der Waals surface area contributed by atoms with Crippen molar-refractivity contribution in [2.45, 2.75) is 58.9 Å². The molecule has 1 N–H and O–H groups in total. The summed E-state index contributed by atoms with van der Waals surface area (Å²) < 4.78 is 2.02. The summed E-state index contributed by atoms with van der Waals surface area (Å²) in [5.41, 5.74) is 3.95. The largest absolute Gasteiger partial charge is 0.259 e. The van der Waals surface area contributed by atoms with Crippen molar-refractivity contribution in [2.24, 2.45) is 0 Å². The lowest BCUT2D eigenvalue weighted by Gasteiger charge is -2.09. The van der Waals surface area contributed by atoms with Gasteiger partial charge in [-0.1, -0.05) is 57.5 Å². The molecule has 4 rings (SSSR count). The van der Waals surface area contributed by atoms with Crippen molar-refractivity contribution in [3.63, 3.8) is 0 Å². The summed E-state index contributed by atoms with van der Waals surface area (Å²) in [6.07, 6.45) is 6.12. The number of pyridine rings is 1. The summed E-state index contributed by atoms with van der Waals surface area (Å²) in [5, 5.41) is 19.1. The summed E-state index contributed by atoms with van der Waals surface area (Å²) >= 11 is 0. The van der Waals surface area contributed by atoms with E-state index >= 15 is 0 Å². The van der Waals surface area contributed by atoms with Crippen molar-refractivity contribution in [1.82, 2.24) is 40.4 Å². The minimum Gasteiger partial charge on any atom is -0.259 e. The topological polar surface area (TPSA) is 98.1 Å². The molecule has 8 nitrogen and oxygen atoms in total. The van der Waals surface area contributed by atoms with Crippen LogP contribution in [0.25, 0.3) is 22.5 Å². The van der Waals surface area contributed by atoms with E-state index in [1.807, 2.05) is 35.1 Å². The molecule has 0 fully saturated rings. The third-order valence-corrected chi connectivity index (χ3v) is 5.55. The number of nitrogens with zero attached hydrogens (tertiary/aromatic N) is 7. The van der Waals surface area contributed by atoms with Gasteiger partial charge in [-0.25, -0.2) is 14.8 Å². The highest BCUT2D eigenvalue weighted by Gasteiger charge is 2.15. The fraction of sp³-hybridized carbons (Fsp3) is 0.391. The molecule has 1 atom stereocenters. The number of rotatable bonds is 9. The lowest BCUT2D eigenvalue weighted by Crippen LogP contribution is -2.08. The first-order valence-electron chi connectivity index (χ1n) is 10.9. The molecule has 1 aromatic carbocycles. The molecule has 0 bridgehead atoms. The summed E-state index contributed by atoms with van der Waals surface area (Å²) in [6.45, 7) is 7.17. The summed E-state index contributed by atoms with van der Waals surface area (Å²) in [5.74, 6) is 2.98. The van der Waals surface area contributed by atoms with Gasteiger partial charge in [-0.15, -0.1) is 5.10 Å². The van der Waals surface area contributed by atoms with E-state index in [4.69, 9.17) is 15.1 Å². The Morgan fingerprint density at radius 1 is 1.06 bits per heavy atom. The molecule has 0 radical (unpaired) electrons. The minimum absolute atomic E-state index is 0.360. The molecule has 160 valence electrons. The van der Waals surface area contributed by atoms with E-state index < -0.39 is 0 Å². The highest BCUT2D eigenvalue weighted by Crippen LogP contribution is 2.29. The van der Waals surface area contributed by atoms with Gasteiger partial charge in [0.05, 0.1) is 12.2 Å². The van der Waals surface area contributed by atoms with Crippen LogP contribution in [0.4, 0.5) is 0 Å². The van der Waals surface area contributed by atoms with Crippen molar-refractivity contribution in [1.29, 1.82) is 0 Å². The molecule has 0 amide bonds. The number of unbranched alkanes of at least 4 members (excludes halogenated alkanes) is 1. The van der Waals surface area contributed by atoms with Crippen molar-refractivity contribution < 1.29 is 0 Å². The number of hydrogen-bond acceptors (Lipinski definition) is 6. The lowest BCUT2D eigenvalue weighted by atomic mass is 10.0. The van der Waals surface area contributed by atoms with Gasteiger partial charge >= 0.3 is 0 Å². The molecular formula is C23H28N8. The molecule has 8 heteroatoms. The molecule has 3 aromatic heterocycles. The first-order valence-corrected chi connectivity index (χ1v) is 10.9. The number of aryl methyl sites for hydroxylation is 1. The zero-order valence-corrected chi connectivity index (χ0v) is 18.3. The van der Waals surface area contributed by atoms with E-state index in [0.29, 0.717) is 18.3 Å². The van der Waals surface area contributed by atoms with Crippen LogP contribution < -0.4 is 0 Å². The summed E-state index contributed by atoms with van der Waals surface area (Å²) in [4.78, 5) is 9.54. The van der Waals surface area contributed by atoms with Crippen molar-refractivity contribution in [2.75, 3.05) is 0 Å². The van der Waals surface area contributed by atoms with E-state index in [1.165, 1.54) is 0 Å². The van der Waals surface area contributed by atoms with Crippen molar-refractivity contribution in [3.05, 3.63) is 59.9 Å². The second kappa shape index (κ2) is 9.59. The van der Waals surface area contributed by atoms with Crippen LogP contribution >= 0.6 is 0 Å². The molecule has 0 aliphatic heterocycles. The molecule has 0 spiro atoms. The Bertz CT molecular complexity index is 1100. The zero-order chi connectivity index (χ0) is 21.6. The molecule has 4 aromatic rings. The van der Waals surface area contributed by atoms with Gasteiger partial charge in [0.15, 0.2) is 11.6 Å². The molecular weight excluding hydrogens is 388 g/mol. The number of aromatic nitrogens is 8. The van der Waals surface area contributed by atoms with Crippen molar-refractivity contribution in [3.8, 4) is 22.5 Å². The van der Waals surface area contributed by atoms with Gasteiger partial charge in [-0.3, -0.25) is 4.98 Å². The van der Waals surface area contributed by atoms with Gasteiger partial charge in [0, 0.05) is 29.7 Å². The van der Waals surface area contributed by atoms with Crippen LogP contribution in [-0.2, 0) is 13.0 Å². The smallest absolute Gasteiger partial charge is 0.180 e. The average molecular weight is 417 g/mol. The Hall–Kier alpha value is -3.42. The number of nitrogens with one attached hydrogen (secondary N) is 1. The normalized spacial score (nSPS) is 12.2. The fourth-order valence-electron chi connectivity index (χ4n) is 3.48. The lowest BCUT2D eigenvalue weighted by molar-refractivity contribution is 0.595. The van der Waals surface area contributed by atoms with E-state index in [-0.39, 0.29) is 0 Å². The first-order chi connectivity index (χ1) is 15.2. The van der Waals surface area contributed by atoms with E-state index in [9.17, 15) is 0 Å². The predicted octanol–water partition coefficient (Wildman–Crippen LogP) is 4.42. The molecule has 0 saturated carbocycles. The molecule has 0 aliphatic rings. The van der Waals surface area contributed by atoms with E-state index in [1.54, 1.807) is 0 Å². The SMILES string of the molecule is CCCCc1nc(C(C)CC)nn1Cc1ccc(-c2ccccc2-c2nnn[nH]2)cn1. The summed E-state index contributed by atoms with van der Waals surface area (Å²) in [7, 11) is 0. The second-order valence-electron chi connectivity index (χ2n) is 7.79. The number of benzene rings is 1. The number of hydrogen-bond donors (Lipinski definition) is 1. The van der Waals surface area contributed by atoms with E-state index in [0.717, 1.165) is 59.7 Å². The Morgan fingerprint density at radius 2 is 1.90 bits per heavy atom. The average Bonchev–Trinajstić information content (AvgIpc) is 3.48. The predicted molar refractivity (Wildman–Crippen MR) is 119 cm³/mol. The van der Waals surface area contributed by atoms with Crippen LogP contribution in [0.5, 0.6) is 0 Å². The third kappa shape index (κ3) is 4.68. The summed E-state index contributed by atoms with van der Waals surface area (Å²) in [6, 6.07) is 12.2. The highest BCUT2D eigenvalue weighted by atomic mass is 15.5. The maximum absolute atomic E-state index is 4.82. The Morgan fingerprint density at radius 3 is 2.58 bits per heavy atom. The fourth-order valence-corrected chi connectivity index (χ4v) is 3.48. The Labute approximate surface area is 182 Å². The standard InChI is InChI=1S/C23H28N8/c1-4-6-11-21-25-22(16(3)5-2)28-31(21)15-18-13-12-17(14-24-18)19-9-7-8-10-20(19)23-26-29-30-27-23/h7-10,12-14,16H,4-6,11,15H2,1-3H3,(H,26,27,29,30). The Balaban J connectivity index is 1.58. The molecule has 0 aliphatic carbocycles. The van der Waals surface area contributed by atoms with Gasteiger partial charge in [-0.05, 0) is 34.9 Å². The van der Waals surface area contributed by atoms with Crippen LogP contribution in [-0.4, -0.2) is 40.4 Å². The van der Waals surface area contributed by atoms with Gasteiger partial charge < -0.3 is 0 Å². The van der Waals surface area contributed by atoms with Crippen LogP contribution in [0.1, 0.15) is 63.3 Å². The monoisotopic (exact) mass is 416 g/mol. The molecule has 3 heterocycles. The van der Waals surface area contributed by atoms with Crippen molar-refractivity contribution >= 4 is 0 Å². The molecule has 0 saturated heterocycles. The molecule has 1 unspecified atom stereocenters. The van der Waals surface area contributed by atoms with Gasteiger partial charge in [0.1, 0.15) is 5.82 Å². The van der Waals surface area contributed by atoms with Gasteiger partial charge in [-0.2, -0.15) is 5.10 Å². The Kier molecular flexibility index (Phi) is 6.45. The number of H-pyrrole nitrogens is 1. The quantitative estimate of drug-likeness (QED) is 0.433. The second-order valence-corrected chi connectivity index (χ2v) is 7.79. The zero-order valence-electron chi connectivity index (χ0n) is 18.3. The van der Waals surface area contributed by atoms with Crippen LogP contribution in [0.15, 0.2) is 42.6 Å². The third-order valence-electron chi connectivity index (χ3n) is 5.55. The maximum Gasteiger partial charge on any atom is 0.180 e. The van der Waals surface area contributed by atoms with Crippen LogP contribution in [0.2, 0.25) is 0 Å². The number of tetrazole rings is 1. The highest BCUT2D eigenvalue weighted by molar-refractivity contribution is 5.79. The van der Waals surface area contributed by atoms with Gasteiger partial charge in [0.2, 0.25) is 0 Å². The number of aromatic amines is 1. The minimum atomic E-state index is 0.360. The van der Waals surface area contributed by atoms with E-state index in [2.05, 4.69) is 53.5 Å². The van der Waals surface area contributed by atoms with Crippen LogP contribution in [0.3, 0.4) is 0 Å². The van der Waals surface area contributed by atoms with Gasteiger partial charge in [0.25, 0.3) is 0 Å². The van der Waals surface area contributed by atoms with Crippen LogP contribution in [0, 0.1) is 0 Å². The first kappa shape index (κ1) is 20.8. The molecule has 31 heavy (non-hydrogen) atoms. The maximum atomic E-state index is 4.82.